The minimum Gasteiger partial charge on any atom is -0.492 e. The standard InChI is InChI=1S/C27H37FN6O5S/c1-26(2,3)15-29-25(36)21-14-34(33-31-21)22-11-16(9-10-18(22)28)24(35)30-19-12-17(27(4,5)6)13-20(23(19)39-7)32-40(8,37)38/h9-13,21,32H,14-15H2,1-8H3,(H,29,36)(H,30,35). The van der Waals surface area contributed by atoms with E-state index in [1.165, 1.54) is 24.3 Å². The molecule has 1 aliphatic rings. The summed E-state index contributed by atoms with van der Waals surface area (Å²) in [6.07, 6.45) is 1.02. The summed E-state index contributed by atoms with van der Waals surface area (Å²) < 4.78 is 46.7. The zero-order valence-corrected chi connectivity index (χ0v) is 24.9. The number of ether oxygens (including phenoxy) is 1. The number of rotatable bonds is 8. The lowest BCUT2D eigenvalue weighted by molar-refractivity contribution is -0.122. The average Bonchev–Trinajstić information content (AvgIpc) is 3.30. The van der Waals surface area contributed by atoms with Gasteiger partial charge in [0.05, 0.1) is 37.0 Å². The predicted octanol–water partition coefficient (Wildman–Crippen LogP) is 4.47. The van der Waals surface area contributed by atoms with Gasteiger partial charge in [-0.3, -0.25) is 14.3 Å². The molecule has 1 heterocycles. The molecule has 13 heteroatoms. The molecule has 0 aliphatic carbocycles. The largest absolute Gasteiger partial charge is 0.492 e. The van der Waals surface area contributed by atoms with Crippen LogP contribution in [0.5, 0.6) is 5.75 Å². The zero-order valence-electron chi connectivity index (χ0n) is 24.0. The van der Waals surface area contributed by atoms with E-state index in [1.54, 1.807) is 12.1 Å². The van der Waals surface area contributed by atoms with Gasteiger partial charge in [0.2, 0.25) is 15.9 Å². The normalized spacial score (nSPS) is 15.6. The Morgan fingerprint density at radius 3 is 2.33 bits per heavy atom. The molecule has 0 saturated heterocycles. The Hall–Kier alpha value is -3.74. The molecule has 2 aromatic rings. The highest BCUT2D eigenvalue weighted by molar-refractivity contribution is 7.92. The zero-order chi connectivity index (χ0) is 30.0. The SMILES string of the molecule is COc1c(NC(=O)c2ccc(F)c(N3CC(C(=O)NCC(C)(C)C)N=N3)c2)cc(C(C)(C)C)cc1NS(C)(=O)=O. The van der Waals surface area contributed by atoms with E-state index < -0.39 is 27.8 Å². The molecule has 0 bridgehead atoms. The maximum absolute atomic E-state index is 14.8. The Balaban J connectivity index is 1.87. The molecule has 0 fully saturated rings. The first-order valence-corrected chi connectivity index (χ1v) is 14.5. The van der Waals surface area contributed by atoms with Crippen LogP contribution in [0.1, 0.15) is 57.5 Å². The summed E-state index contributed by atoms with van der Waals surface area (Å²) in [5.41, 5.74) is 0.719. The van der Waals surface area contributed by atoms with Gasteiger partial charge in [-0.2, -0.15) is 5.11 Å². The summed E-state index contributed by atoms with van der Waals surface area (Å²) in [5, 5.41) is 14.7. The highest BCUT2D eigenvalue weighted by Gasteiger charge is 2.30. The van der Waals surface area contributed by atoms with E-state index in [0.717, 1.165) is 17.9 Å². The number of nitrogens with zero attached hydrogens (tertiary/aromatic N) is 3. The molecule has 3 N–H and O–H groups in total. The van der Waals surface area contributed by atoms with Crippen LogP contribution in [-0.4, -0.2) is 52.7 Å². The molecule has 218 valence electrons. The van der Waals surface area contributed by atoms with Gasteiger partial charge in [0, 0.05) is 12.1 Å². The molecule has 11 nitrogen and oxygen atoms in total. The molecule has 2 amide bonds. The van der Waals surface area contributed by atoms with Crippen molar-refractivity contribution in [3.63, 3.8) is 0 Å². The number of carbonyl (C=O) groups is 2. The van der Waals surface area contributed by atoms with Gasteiger partial charge < -0.3 is 15.4 Å². The number of nitrogens with one attached hydrogen (secondary N) is 3. The number of anilines is 3. The van der Waals surface area contributed by atoms with Gasteiger partial charge in [0.15, 0.2) is 11.8 Å². The summed E-state index contributed by atoms with van der Waals surface area (Å²) in [4.78, 5) is 25.8. The fraction of sp³-hybridized carbons (Fsp3) is 0.481. The van der Waals surface area contributed by atoms with Crippen LogP contribution >= 0.6 is 0 Å². The quantitative estimate of drug-likeness (QED) is 0.423. The Bertz CT molecular complexity index is 1430. The number of methoxy groups -OCH3 is 1. The van der Waals surface area contributed by atoms with E-state index in [-0.39, 0.29) is 51.7 Å². The summed E-state index contributed by atoms with van der Waals surface area (Å²) in [5.74, 6) is -1.43. The third-order valence-corrected chi connectivity index (χ3v) is 6.52. The number of hydrogen-bond acceptors (Lipinski definition) is 8. The molecule has 0 aromatic heterocycles. The lowest BCUT2D eigenvalue weighted by Gasteiger charge is -2.24. The summed E-state index contributed by atoms with van der Waals surface area (Å²) in [7, 11) is -2.29. The molecule has 0 saturated carbocycles. The monoisotopic (exact) mass is 576 g/mol. The molecule has 1 atom stereocenters. The van der Waals surface area contributed by atoms with Crippen molar-refractivity contribution in [2.75, 3.05) is 41.5 Å². The lowest BCUT2D eigenvalue weighted by atomic mass is 9.86. The molecule has 1 aliphatic heterocycles. The van der Waals surface area contributed by atoms with Crippen LogP contribution in [0.25, 0.3) is 0 Å². The Labute approximate surface area is 234 Å². The molecule has 1 unspecified atom stereocenters. The first kappa shape index (κ1) is 30.8. The molecule has 3 rings (SSSR count). The summed E-state index contributed by atoms with van der Waals surface area (Å²) in [6, 6.07) is 6.29. The molecule has 0 radical (unpaired) electrons. The number of benzene rings is 2. The van der Waals surface area contributed by atoms with Crippen LogP contribution in [0, 0.1) is 11.2 Å². The minimum absolute atomic E-state index is 0.0138. The van der Waals surface area contributed by atoms with E-state index in [9.17, 15) is 22.4 Å². The number of halogens is 1. The second-order valence-electron chi connectivity index (χ2n) is 11.9. The minimum atomic E-state index is -3.65. The van der Waals surface area contributed by atoms with Gasteiger partial charge in [-0.15, -0.1) is 0 Å². The Kier molecular flexibility index (Phi) is 8.77. The van der Waals surface area contributed by atoms with Crippen molar-refractivity contribution in [1.82, 2.24) is 5.32 Å². The average molecular weight is 577 g/mol. The molecular formula is C27H37FN6O5S. The number of carbonyl (C=O) groups excluding carboxylic acids is 2. The first-order valence-electron chi connectivity index (χ1n) is 12.7. The first-order chi connectivity index (χ1) is 18.4. The van der Waals surface area contributed by atoms with Crippen molar-refractivity contribution in [1.29, 1.82) is 0 Å². The van der Waals surface area contributed by atoms with Crippen molar-refractivity contribution >= 4 is 38.9 Å². The van der Waals surface area contributed by atoms with Crippen LogP contribution in [-0.2, 0) is 20.2 Å². The predicted molar refractivity (Wildman–Crippen MR) is 153 cm³/mol. The number of hydrogen-bond donors (Lipinski definition) is 3. The summed E-state index contributed by atoms with van der Waals surface area (Å²) in [6.45, 7) is 12.2. The maximum Gasteiger partial charge on any atom is 0.255 e. The van der Waals surface area contributed by atoms with Crippen LogP contribution in [0.4, 0.5) is 21.5 Å². The second-order valence-corrected chi connectivity index (χ2v) is 13.7. The van der Waals surface area contributed by atoms with Gasteiger partial charge in [-0.1, -0.05) is 46.8 Å². The molecule has 40 heavy (non-hydrogen) atoms. The molecular weight excluding hydrogens is 539 g/mol. The van der Waals surface area contributed by atoms with E-state index >= 15 is 0 Å². The van der Waals surface area contributed by atoms with E-state index in [2.05, 4.69) is 25.7 Å². The van der Waals surface area contributed by atoms with Crippen molar-refractivity contribution in [2.45, 2.75) is 53.0 Å². The topological polar surface area (TPSA) is 142 Å². The lowest BCUT2D eigenvalue weighted by Crippen LogP contribution is -2.40. The highest BCUT2D eigenvalue weighted by atomic mass is 32.2. The highest BCUT2D eigenvalue weighted by Crippen LogP contribution is 2.39. The number of sulfonamides is 1. The van der Waals surface area contributed by atoms with Crippen molar-refractivity contribution in [2.24, 2.45) is 15.8 Å². The van der Waals surface area contributed by atoms with Gasteiger partial charge in [0.1, 0.15) is 5.82 Å². The Morgan fingerprint density at radius 1 is 1.10 bits per heavy atom. The van der Waals surface area contributed by atoms with Crippen molar-refractivity contribution < 1.29 is 27.1 Å². The summed E-state index contributed by atoms with van der Waals surface area (Å²) >= 11 is 0. The van der Waals surface area contributed by atoms with Crippen LogP contribution in [0.2, 0.25) is 0 Å². The van der Waals surface area contributed by atoms with Crippen molar-refractivity contribution in [3.05, 3.63) is 47.3 Å². The van der Waals surface area contributed by atoms with Crippen LogP contribution in [0.3, 0.4) is 0 Å². The van der Waals surface area contributed by atoms with Crippen molar-refractivity contribution in [3.8, 4) is 5.75 Å². The maximum atomic E-state index is 14.8. The van der Waals surface area contributed by atoms with E-state index in [0.29, 0.717) is 6.54 Å². The third kappa shape index (κ3) is 7.90. The molecule has 0 spiro atoms. The van der Waals surface area contributed by atoms with Gasteiger partial charge in [-0.05, 0) is 46.7 Å². The van der Waals surface area contributed by atoms with E-state index in [4.69, 9.17) is 4.74 Å². The fourth-order valence-electron chi connectivity index (χ4n) is 3.81. The Morgan fingerprint density at radius 2 is 1.75 bits per heavy atom. The smallest absolute Gasteiger partial charge is 0.255 e. The fourth-order valence-corrected chi connectivity index (χ4v) is 4.36. The second kappa shape index (κ2) is 11.4. The van der Waals surface area contributed by atoms with Gasteiger partial charge >= 0.3 is 0 Å². The van der Waals surface area contributed by atoms with Crippen LogP contribution in [0.15, 0.2) is 40.7 Å². The van der Waals surface area contributed by atoms with Crippen LogP contribution < -0.4 is 25.1 Å². The molecule has 2 aromatic carbocycles. The number of amides is 2. The van der Waals surface area contributed by atoms with E-state index in [1.807, 2.05) is 41.5 Å². The van der Waals surface area contributed by atoms with Gasteiger partial charge in [0.25, 0.3) is 5.91 Å². The third-order valence-electron chi connectivity index (χ3n) is 5.93. The van der Waals surface area contributed by atoms with Gasteiger partial charge in [-0.25, -0.2) is 17.8 Å².